The Morgan fingerprint density at radius 3 is 2.53 bits per heavy atom. The molecular weight excluding hydrogens is 212 g/mol. The molecule has 0 aliphatic rings. The molecule has 0 bridgehead atoms. The Balaban J connectivity index is 2.23. The van der Waals surface area contributed by atoms with E-state index in [9.17, 15) is 0 Å². The smallest absolute Gasteiger partial charge is 0.125 e. The maximum absolute atomic E-state index is 5.47. The van der Waals surface area contributed by atoms with E-state index in [0.29, 0.717) is 12.0 Å². The van der Waals surface area contributed by atoms with E-state index in [2.05, 4.69) is 44.1 Å². The van der Waals surface area contributed by atoms with E-state index in [4.69, 9.17) is 4.74 Å². The molecule has 3 heteroatoms. The summed E-state index contributed by atoms with van der Waals surface area (Å²) in [6.07, 6.45) is 3.27. The Kier molecular flexibility index (Phi) is 5.98. The van der Waals surface area contributed by atoms with Crippen molar-refractivity contribution in [3.8, 4) is 0 Å². The van der Waals surface area contributed by atoms with Crippen LogP contribution >= 0.6 is 0 Å². The molecule has 0 spiro atoms. The number of ether oxygens (including phenoxy) is 1. The van der Waals surface area contributed by atoms with Crippen LogP contribution in [0.25, 0.3) is 0 Å². The van der Waals surface area contributed by atoms with Crippen molar-refractivity contribution in [3.63, 3.8) is 0 Å². The maximum Gasteiger partial charge on any atom is 0.125 e. The molecule has 0 saturated heterocycles. The molecule has 17 heavy (non-hydrogen) atoms. The van der Waals surface area contributed by atoms with E-state index in [0.717, 1.165) is 25.4 Å². The summed E-state index contributed by atoms with van der Waals surface area (Å²) in [7, 11) is 0. The Labute approximate surface area is 105 Å². The van der Waals surface area contributed by atoms with Crippen LogP contribution in [0, 0.1) is 0 Å². The molecule has 96 valence electrons. The van der Waals surface area contributed by atoms with Crippen LogP contribution in [-0.2, 0) is 4.74 Å². The molecule has 1 heterocycles. The summed E-state index contributed by atoms with van der Waals surface area (Å²) in [5.74, 6) is 1.48. The van der Waals surface area contributed by atoms with Gasteiger partial charge >= 0.3 is 0 Å². The minimum absolute atomic E-state index is 0.318. The first-order chi connectivity index (χ1) is 8.09. The van der Waals surface area contributed by atoms with Crippen LogP contribution < -0.4 is 5.32 Å². The molecule has 0 aliphatic carbocycles. The summed E-state index contributed by atoms with van der Waals surface area (Å²) in [6, 6.07) is 4.17. The molecule has 1 N–H and O–H groups in total. The number of nitrogens with one attached hydrogen (secondary N) is 1. The van der Waals surface area contributed by atoms with Crippen LogP contribution in [0.3, 0.4) is 0 Å². The van der Waals surface area contributed by atoms with Crippen LogP contribution in [0.5, 0.6) is 0 Å². The van der Waals surface area contributed by atoms with Crippen molar-refractivity contribution >= 4 is 5.82 Å². The van der Waals surface area contributed by atoms with Crippen molar-refractivity contribution in [2.45, 2.75) is 46.1 Å². The molecule has 0 fully saturated rings. The van der Waals surface area contributed by atoms with Gasteiger partial charge in [-0.2, -0.15) is 0 Å². The van der Waals surface area contributed by atoms with Gasteiger partial charge in [0.15, 0.2) is 0 Å². The summed E-state index contributed by atoms with van der Waals surface area (Å²) in [5, 5.41) is 3.29. The van der Waals surface area contributed by atoms with Crippen molar-refractivity contribution in [1.82, 2.24) is 4.98 Å². The average Bonchev–Trinajstić information content (AvgIpc) is 2.29. The number of hydrogen-bond donors (Lipinski definition) is 1. The van der Waals surface area contributed by atoms with E-state index in [1.54, 1.807) is 0 Å². The summed E-state index contributed by atoms with van der Waals surface area (Å²) >= 11 is 0. The third-order valence-electron chi connectivity index (χ3n) is 2.53. The van der Waals surface area contributed by atoms with Crippen molar-refractivity contribution < 1.29 is 4.74 Å². The summed E-state index contributed by atoms with van der Waals surface area (Å²) < 4.78 is 5.47. The van der Waals surface area contributed by atoms with Gasteiger partial charge in [0, 0.05) is 19.3 Å². The Bertz CT molecular complexity index is 307. The van der Waals surface area contributed by atoms with Crippen LogP contribution in [-0.4, -0.2) is 24.2 Å². The van der Waals surface area contributed by atoms with Gasteiger partial charge in [-0.25, -0.2) is 4.98 Å². The standard InChI is InChI=1S/C14H24N2O/c1-11(2)13-6-7-14(16-10-13)15-8-5-9-17-12(3)4/h6-7,10-12H,5,8-9H2,1-4H3,(H,15,16). The van der Waals surface area contributed by atoms with Gasteiger partial charge < -0.3 is 10.1 Å². The van der Waals surface area contributed by atoms with Gasteiger partial charge in [0.05, 0.1) is 6.10 Å². The van der Waals surface area contributed by atoms with Gasteiger partial charge in [-0.15, -0.1) is 0 Å². The van der Waals surface area contributed by atoms with Gasteiger partial charge in [-0.1, -0.05) is 19.9 Å². The van der Waals surface area contributed by atoms with Crippen LogP contribution in [0.1, 0.15) is 45.6 Å². The van der Waals surface area contributed by atoms with E-state index < -0.39 is 0 Å². The molecule has 0 radical (unpaired) electrons. The zero-order valence-electron chi connectivity index (χ0n) is 11.4. The highest BCUT2D eigenvalue weighted by Crippen LogP contribution is 2.14. The molecule has 0 unspecified atom stereocenters. The van der Waals surface area contributed by atoms with Gasteiger partial charge in [0.1, 0.15) is 5.82 Å². The third-order valence-corrected chi connectivity index (χ3v) is 2.53. The van der Waals surface area contributed by atoms with Crippen LogP contribution in [0.15, 0.2) is 18.3 Å². The second-order valence-corrected chi connectivity index (χ2v) is 4.83. The molecule has 1 rings (SSSR count). The number of anilines is 1. The monoisotopic (exact) mass is 236 g/mol. The fourth-order valence-electron chi connectivity index (χ4n) is 1.46. The van der Waals surface area contributed by atoms with Gasteiger partial charge in [-0.05, 0) is 37.8 Å². The van der Waals surface area contributed by atoms with E-state index >= 15 is 0 Å². The molecule has 1 aromatic rings. The van der Waals surface area contributed by atoms with Gasteiger partial charge in [0.2, 0.25) is 0 Å². The van der Waals surface area contributed by atoms with E-state index in [1.165, 1.54) is 5.56 Å². The molecule has 1 aromatic heterocycles. The minimum Gasteiger partial charge on any atom is -0.379 e. The fourth-order valence-corrected chi connectivity index (χ4v) is 1.46. The summed E-state index contributed by atoms with van der Waals surface area (Å²) in [6.45, 7) is 10.2. The molecule has 0 amide bonds. The number of rotatable bonds is 7. The molecule has 0 atom stereocenters. The summed E-state index contributed by atoms with van der Waals surface area (Å²) in [5.41, 5.74) is 1.28. The second-order valence-electron chi connectivity index (χ2n) is 4.83. The third kappa shape index (κ3) is 5.68. The Morgan fingerprint density at radius 1 is 1.24 bits per heavy atom. The molecule has 0 aliphatic heterocycles. The number of nitrogens with zero attached hydrogens (tertiary/aromatic N) is 1. The highest BCUT2D eigenvalue weighted by Gasteiger charge is 1.99. The number of hydrogen-bond acceptors (Lipinski definition) is 3. The van der Waals surface area contributed by atoms with Crippen molar-refractivity contribution in [3.05, 3.63) is 23.9 Å². The first-order valence-electron chi connectivity index (χ1n) is 6.41. The van der Waals surface area contributed by atoms with E-state index in [1.807, 2.05) is 12.3 Å². The van der Waals surface area contributed by atoms with Crippen molar-refractivity contribution in [2.75, 3.05) is 18.5 Å². The lowest BCUT2D eigenvalue weighted by Gasteiger charge is -2.09. The van der Waals surface area contributed by atoms with Crippen LogP contribution in [0.4, 0.5) is 5.82 Å². The highest BCUT2D eigenvalue weighted by atomic mass is 16.5. The lowest BCUT2D eigenvalue weighted by Crippen LogP contribution is -2.10. The first-order valence-corrected chi connectivity index (χ1v) is 6.41. The summed E-state index contributed by atoms with van der Waals surface area (Å²) in [4.78, 5) is 4.38. The fraction of sp³-hybridized carbons (Fsp3) is 0.643. The lowest BCUT2D eigenvalue weighted by atomic mass is 10.1. The predicted octanol–water partition coefficient (Wildman–Crippen LogP) is 3.43. The second kappa shape index (κ2) is 7.28. The minimum atomic E-state index is 0.318. The topological polar surface area (TPSA) is 34.1 Å². The SMILES string of the molecule is CC(C)OCCCNc1ccc(C(C)C)cn1. The molecule has 3 nitrogen and oxygen atoms in total. The highest BCUT2D eigenvalue weighted by molar-refractivity contribution is 5.35. The largest absolute Gasteiger partial charge is 0.379 e. The Hall–Kier alpha value is -1.09. The maximum atomic E-state index is 5.47. The van der Waals surface area contributed by atoms with Gasteiger partial charge in [-0.3, -0.25) is 0 Å². The van der Waals surface area contributed by atoms with Crippen molar-refractivity contribution in [1.29, 1.82) is 0 Å². The van der Waals surface area contributed by atoms with Crippen LogP contribution in [0.2, 0.25) is 0 Å². The molecular formula is C14H24N2O. The normalized spacial score (nSPS) is 11.2. The molecule has 0 aromatic carbocycles. The van der Waals surface area contributed by atoms with Crippen molar-refractivity contribution in [2.24, 2.45) is 0 Å². The average molecular weight is 236 g/mol. The lowest BCUT2D eigenvalue weighted by molar-refractivity contribution is 0.0787. The zero-order valence-corrected chi connectivity index (χ0v) is 11.4. The Morgan fingerprint density at radius 2 is 2.00 bits per heavy atom. The predicted molar refractivity (Wildman–Crippen MR) is 72.5 cm³/mol. The molecule has 0 saturated carbocycles. The van der Waals surface area contributed by atoms with Gasteiger partial charge in [0.25, 0.3) is 0 Å². The zero-order chi connectivity index (χ0) is 12.7. The number of aromatic nitrogens is 1. The first kappa shape index (κ1) is 14.0. The quantitative estimate of drug-likeness (QED) is 0.736. The number of pyridine rings is 1. The van der Waals surface area contributed by atoms with E-state index in [-0.39, 0.29) is 0 Å².